The standard InChI is InChI=1S/C11H10N2O2/c1-7(11(14)15)8-3-4-10-9(5-8)12-6-13(10)2/h3-6H,1H2,2H3,(H,14,15). The van der Waals surface area contributed by atoms with E-state index < -0.39 is 5.97 Å². The van der Waals surface area contributed by atoms with Crippen LogP contribution in [0, 0.1) is 0 Å². The lowest BCUT2D eigenvalue weighted by Gasteiger charge is -2.00. The van der Waals surface area contributed by atoms with Crippen LogP contribution in [0.2, 0.25) is 0 Å². The largest absolute Gasteiger partial charge is 0.478 e. The fourth-order valence-electron chi connectivity index (χ4n) is 1.45. The van der Waals surface area contributed by atoms with Gasteiger partial charge in [0.1, 0.15) is 0 Å². The SMILES string of the molecule is C=C(C(=O)O)c1ccc2c(c1)ncn2C. The van der Waals surface area contributed by atoms with Gasteiger partial charge in [-0.1, -0.05) is 12.6 Å². The van der Waals surface area contributed by atoms with Crippen LogP contribution in [0.1, 0.15) is 5.56 Å². The number of imidazole rings is 1. The van der Waals surface area contributed by atoms with Crippen LogP contribution in [0.3, 0.4) is 0 Å². The molecule has 0 fully saturated rings. The Labute approximate surface area is 86.5 Å². The molecule has 2 aromatic rings. The number of hydrogen-bond acceptors (Lipinski definition) is 2. The number of nitrogens with zero attached hydrogens (tertiary/aromatic N) is 2. The Hall–Kier alpha value is -2.10. The zero-order valence-electron chi connectivity index (χ0n) is 8.27. The van der Waals surface area contributed by atoms with Gasteiger partial charge in [-0.25, -0.2) is 9.78 Å². The molecule has 1 aromatic carbocycles. The summed E-state index contributed by atoms with van der Waals surface area (Å²) in [4.78, 5) is 14.9. The van der Waals surface area contributed by atoms with Gasteiger partial charge in [0.25, 0.3) is 0 Å². The topological polar surface area (TPSA) is 55.1 Å². The van der Waals surface area contributed by atoms with Gasteiger partial charge in [-0.05, 0) is 17.7 Å². The molecule has 0 aliphatic carbocycles. The molecule has 1 N–H and O–H groups in total. The van der Waals surface area contributed by atoms with E-state index in [1.54, 1.807) is 18.5 Å². The van der Waals surface area contributed by atoms with E-state index >= 15 is 0 Å². The van der Waals surface area contributed by atoms with Crippen LogP contribution < -0.4 is 0 Å². The summed E-state index contributed by atoms with van der Waals surface area (Å²) < 4.78 is 1.88. The van der Waals surface area contributed by atoms with E-state index in [4.69, 9.17) is 5.11 Å². The van der Waals surface area contributed by atoms with E-state index in [1.807, 2.05) is 17.7 Å². The summed E-state index contributed by atoms with van der Waals surface area (Å²) in [5, 5.41) is 8.79. The normalized spacial score (nSPS) is 10.5. The van der Waals surface area contributed by atoms with Gasteiger partial charge in [-0.2, -0.15) is 0 Å². The van der Waals surface area contributed by atoms with Gasteiger partial charge in [0.2, 0.25) is 0 Å². The average Bonchev–Trinajstić information content (AvgIpc) is 2.59. The summed E-state index contributed by atoms with van der Waals surface area (Å²) in [7, 11) is 1.89. The Kier molecular flexibility index (Phi) is 2.04. The predicted molar refractivity (Wildman–Crippen MR) is 57.4 cm³/mol. The number of aryl methyl sites for hydroxylation is 1. The quantitative estimate of drug-likeness (QED) is 0.753. The fourth-order valence-corrected chi connectivity index (χ4v) is 1.45. The third-order valence-electron chi connectivity index (χ3n) is 2.33. The number of carboxylic acid groups (broad SMARTS) is 1. The molecule has 0 spiro atoms. The first-order chi connectivity index (χ1) is 7.09. The van der Waals surface area contributed by atoms with Gasteiger partial charge in [0.15, 0.2) is 0 Å². The van der Waals surface area contributed by atoms with Crippen molar-refractivity contribution in [2.75, 3.05) is 0 Å². The van der Waals surface area contributed by atoms with Gasteiger partial charge in [-0.15, -0.1) is 0 Å². The maximum atomic E-state index is 10.7. The van der Waals surface area contributed by atoms with Crippen LogP contribution in [0.15, 0.2) is 31.1 Å². The van der Waals surface area contributed by atoms with Gasteiger partial charge in [-0.3, -0.25) is 0 Å². The smallest absolute Gasteiger partial charge is 0.335 e. The Balaban J connectivity index is 2.57. The molecule has 4 nitrogen and oxygen atoms in total. The van der Waals surface area contributed by atoms with E-state index in [-0.39, 0.29) is 5.57 Å². The second kappa shape index (κ2) is 3.24. The molecule has 0 unspecified atom stereocenters. The Morgan fingerprint density at radius 2 is 2.27 bits per heavy atom. The van der Waals surface area contributed by atoms with Crippen molar-refractivity contribution >= 4 is 22.6 Å². The molecular weight excluding hydrogens is 192 g/mol. The van der Waals surface area contributed by atoms with E-state index in [0.29, 0.717) is 5.56 Å². The molecule has 0 amide bonds. The first-order valence-corrected chi connectivity index (χ1v) is 4.43. The van der Waals surface area contributed by atoms with Crippen molar-refractivity contribution in [1.82, 2.24) is 9.55 Å². The number of aromatic nitrogens is 2. The summed E-state index contributed by atoms with van der Waals surface area (Å²) in [6.07, 6.45) is 1.69. The van der Waals surface area contributed by atoms with E-state index in [9.17, 15) is 4.79 Å². The molecule has 4 heteroatoms. The molecule has 0 bridgehead atoms. The van der Waals surface area contributed by atoms with E-state index in [1.165, 1.54) is 0 Å². The molecule has 1 aromatic heterocycles. The highest BCUT2D eigenvalue weighted by molar-refractivity contribution is 6.15. The van der Waals surface area contributed by atoms with Crippen LogP contribution in [0.25, 0.3) is 16.6 Å². The lowest BCUT2D eigenvalue weighted by atomic mass is 10.1. The van der Waals surface area contributed by atoms with E-state index in [2.05, 4.69) is 11.6 Å². The van der Waals surface area contributed by atoms with Crippen molar-refractivity contribution in [1.29, 1.82) is 0 Å². The highest BCUT2D eigenvalue weighted by atomic mass is 16.4. The van der Waals surface area contributed by atoms with Gasteiger partial charge in [0.05, 0.1) is 22.9 Å². The second-order valence-corrected chi connectivity index (χ2v) is 3.34. The van der Waals surface area contributed by atoms with Gasteiger partial charge >= 0.3 is 5.97 Å². The van der Waals surface area contributed by atoms with Crippen LogP contribution in [-0.2, 0) is 11.8 Å². The molecule has 1 heterocycles. The van der Waals surface area contributed by atoms with Crippen LogP contribution in [0.5, 0.6) is 0 Å². The molecule has 0 saturated carbocycles. The second-order valence-electron chi connectivity index (χ2n) is 3.34. The molecule has 0 atom stereocenters. The molecule has 0 saturated heterocycles. The first-order valence-electron chi connectivity index (χ1n) is 4.43. The Morgan fingerprint density at radius 3 is 2.93 bits per heavy atom. The van der Waals surface area contributed by atoms with Crippen molar-refractivity contribution in [3.05, 3.63) is 36.7 Å². The molecule has 15 heavy (non-hydrogen) atoms. The molecule has 76 valence electrons. The summed E-state index contributed by atoms with van der Waals surface area (Å²) in [5.41, 5.74) is 2.42. The van der Waals surface area contributed by atoms with Crippen molar-refractivity contribution in [3.8, 4) is 0 Å². The minimum absolute atomic E-state index is 0.0857. The van der Waals surface area contributed by atoms with E-state index in [0.717, 1.165) is 11.0 Å². The highest BCUT2D eigenvalue weighted by Gasteiger charge is 2.08. The zero-order chi connectivity index (χ0) is 11.0. The molecule has 0 radical (unpaired) electrons. The van der Waals surface area contributed by atoms with Crippen molar-refractivity contribution in [2.45, 2.75) is 0 Å². The molecule has 2 rings (SSSR count). The summed E-state index contributed by atoms with van der Waals surface area (Å²) in [6, 6.07) is 5.30. The number of carbonyl (C=O) groups is 1. The van der Waals surface area contributed by atoms with Crippen LogP contribution in [0.4, 0.5) is 0 Å². The van der Waals surface area contributed by atoms with Crippen molar-refractivity contribution in [2.24, 2.45) is 7.05 Å². The monoisotopic (exact) mass is 202 g/mol. The van der Waals surface area contributed by atoms with Gasteiger partial charge < -0.3 is 9.67 Å². The van der Waals surface area contributed by atoms with Crippen molar-refractivity contribution < 1.29 is 9.90 Å². The lowest BCUT2D eigenvalue weighted by Crippen LogP contribution is -1.97. The summed E-state index contributed by atoms with van der Waals surface area (Å²) in [5.74, 6) is -1.01. The van der Waals surface area contributed by atoms with Gasteiger partial charge in [0, 0.05) is 7.05 Å². The number of rotatable bonds is 2. The zero-order valence-corrected chi connectivity index (χ0v) is 8.27. The fraction of sp³-hybridized carbons (Fsp3) is 0.0909. The summed E-state index contributed by atoms with van der Waals surface area (Å²) in [6.45, 7) is 3.50. The Bertz CT molecular complexity index is 555. The third-order valence-corrected chi connectivity index (χ3v) is 2.33. The maximum Gasteiger partial charge on any atom is 0.335 e. The number of fused-ring (bicyclic) bond motifs is 1. The number of carboxylic acids is 1. The third kappa shape index (κ3) is 1.50. The Morgan fingerprint density at radius 1 is 1.53 bits per heavy atom. The molecular formula is C11H10N2O2. The lowest BCUT2D eigenvalue weighted by molar-refractivity contribution is -0.130. The highest BCUT2D eigenvalue weighted by Crippen LogP contribution is 2.18. The maximum absolute atomic E-state index is 10.7. The van der Waals surface area contributed by atoms with Crippen LogP contribution in [-0.4, -0.2) is 20.6 Å². The number of benzene rings is 1. The average molecular weight is 202 g/mol. The number of hydrogen-bond donors (Lipinski definition) is 1. The van der Waals surface area contributed by atoms with Crippen LogP contribution >= 0.6 is 0 Å². The molecule has 0 aliphatic heterocycles. The predicted octanol–water partition coefficient (Wildman–Crippen LogP) is 1.67. The summed E-state index contributed by atoms with van der Waals surface area (Å²) >= 11 is 0. The minimum Gasteiger partial charge on any atom is -0.478 e. The minimum atomic E-state index is -1.01. The first kappa shape index (κ1) is 9.45. The van der Waals surface area contributed by atoms with Crippen molar-refractivity contribution in [3.63, 3.8) is 0 Å². The number of aliphatic carboxylic acids is 1. The molecule has 0 aliphatic rings.